The van der Waals surface area contributed by atoms with Crippen LogP contribution in [0.25, 0.3) is 0 Å². The van der Waals surface area contributed by atoms with Crippen molar-refractivity contribution in [3.63, 3.8) is 0 Å². The van der Waals surface area contributed by atoms with E-state index in [1.807, 2.05) is 6.26 Å². The van der Waals surface area contributed by atoms with Crippen LogP contribution in [0.3, 0.4) is 0 Å². The van der Waals surface area contributed by atoms with Crippen molar-refractivity contribution in [3.05, 3.63) is 17.7 Å². The van der Waals surface area contributed by atoms with Gasteiger partial charge in [0.2, 0.25) is 0 Å². The average Bonchev–Trinajstić information content (AvgIpc) is 2.33. The van der Waals surface area contributed by atoms with E-state index < -0.39 is 0 Å². The summed E-state index contributed by atoms with van der Waals surface area (Å²) in [5, 5.41) is 0. The van der Waals surface area contributed by atoms with E-state index in [9.17, 15) is 0 Å². The van der Waals surface area contributed by atoms with Crippen LogP contribution < -0.4 is 15.2 Å². The van der Waals surface area contributed by atoms with Gasteiger partial charge in [-0.1, -0.05) is 0 Å². The van der Waals surface area contributed by atoms with E-state index >= 15 is 0 Å². The molecule has 1 aliphatic carbocycles. The molecule has 0 unspecified atom stereocenters. The summed E-state index contributed by atoms with van der Waals surface area (Å²) in [6, 6.07) is 4.50. The Labute approximate surface area is 107 Å². The summed E-state index contributed by atoms with van der Waals surface area (Å²) in [4.78, 5) is 1.11. The molecule has 2 N–H and O–H groups in total. The fraction of sp³-hybridized carbons (Fsp3) is 0.538. The number of hydrogen-bond acceptors (Lipinski definition) is 4. The molecule has 17 heavy (non-hydrogen) atoms. The Balaban J connectivity index is 2.36. The molecule has 2 rings (SSSR count). The highest BCUT2D eigenvalue weighted by atomic mass is 32.2. The molecule has 1 aromatic carbocycles. The second-order valence-corrected chi connectivity index (χ2v) is 5.23. The zero-order valence-corrected chi connectivity index (χ0v) is 11.3. The SMILES string of the molecule is COc1cc(C2CC(N)C2)c(OC)cc1SC. The Kier molecular flexibility index (Phi) is 3.84. The Morgan fingerprint density at radius 1 is 1.18 bits per heavy atom. The first-order valence-electron chi connectivity index (χ1n) is 5.75. The molecule has 0 heterocycles. The van der Waals surface area contributed by atoms with E-state index in [0.29, 0.717) is 12.0 Å². The Morgan fingerprint density at radius 2 is 1.82 bits per heavy atom. The Hall–Kier alpha value is -0.870. The molecule has 1 saturated carbocycles. The lowest BCUT2D eigenvalue weighted by Gasteiger charge is -2.34. The van der Waals surface area contributed by atoms with Crippen molar-refractivity contribution in [2.45, 2.75) is 29.7 Å². The number of hydrogen-bond donors (Lipinski definition) is 1. The van der Waals surface area contributed by atoms with Crippen LogP contribution in [0.4, 0.5) is 0 Å². The van der Waals surface area contributed by atoms with Crippen LogP contribution in [0.2, 0.25) is 0 Å². The van der Waals surface area contributed by atoms with Gasteiger partial charge in [0.25, 0.3) is 0 Å². The molecular formula is C13H19NO2S. The smallest absolute Gasteiger partial charge is 0.132 e. The number of methoxy groups -OCH3 is 2. The molecule has 1 aliphatic rings. The van der Waals surface area contributed by atoms with Crippen LogP contribution in [-0.2, 0) is 0 Å². The lowest BCUT2D eigenvalue weighted by molar-refractivity contribution is 0.329. The van der Waals surface area contributed by atoms with Crippen LogP contribution in [0.15, 0.2) is 17.0 Å². The van der Waals surface area contributed by atoms with Crippen molar-refractivity contribution in [3.8, 4) is 11.5 Å². The van der Waals surface area contributed by atoms with Crippen molar-refractivity contribution in [1.82, 2.24) is 0 Å². The topological polar surface area (TPSA) is 44.5 Å². The van der Waals surface area contributed by atoms with Crippen molar-refractivity contribution in [2.24, 2.45) is 5.73 Å². The minimum absolute atomic E-state index is 0.343. The maximum atomic E-state index is 5.85. The van der Waals surface area contributed by atoms with Crippen LogP contribution in [0.5, 0.6) is 11.5 Å². The van der Waals surface area contributed by atoms with E-state index in [2.05, 4.69) is 12.1 Å². The first kappa shape index (κ1) is 12.6. The number of rotatable bonds is 4. The molecule has 0 amide bonds. The molecule has 0 aliphatic heterocycles. The third-order valence-electron chi connectivity index (χ3n) is 3.35. The van der Waals surface area contributed by atoms with Gasteiger partial charge >= 0.3 is 0 Å². The third-order valence-corrected chi connectivity index (χ3v) is 4.11. The minimum atomic E-state index is 0.343. The molecule has 0 saturated heterocycles. The number of thioether (sulfide) groups is 1. The maximum Gasteiger partial charge on any atom is 0.132 e. The van der Waals surface area contributed by atoms with Gasteiger partial charge in [0, 0.05) is 11.6 Å². The van der Waals surface area contributed by atoms with Gasteiger partial charge in [-0.3, -0.25) is 0 Å². The van der Waals surface area contributed by atoms with Gasteiger partial charge < -0.3 is 15.2 Å². The summed E-state index contributed by atoms with van der Waals surface area (Å²) < 4.78 is 10.9. The van der Waals surface area contributed by atoms with Crippen LogP contribution in [0.1, 0.15) is 24.3 Å². The van der Waals surface area contributed by atoms with Crippen LogP contribution in [0, 0.1) is 0 Å². The van der Waals surface area contributed by atoms with E-state index in [0.717, 1.165) is 29.2 Å². The maximum absolute atomic E-state index is 5.85. The predicted octanol–water partition coefficient (Wildman–Crippen LogP) is 2.63. The second kappa shape index (κ2) is 5.19. The van der Waals surface area contributed by atoms with Gasteiger partial charge in [0.05, 0.1) is 19.1 Å². The summed E-state index contributed by atoms with van der Waals surface area (Å²) >= 11 is 1.67. The molecule has 0 bridgehead atoms. The normalized spacial score (nSPS) is 23.1. The summed E-state index contributed by atoms with van der Waals surface area (Å²) in [7, 11) is 3.42. The molecule has 0 aromatic heterocycles. The Morgan fingerprint density at radius 3 is 2.29 bits per heavy atom. The highest BCUT2D eigenvalue weighted by molar-refractivity contribution is 7.98. The van der Waals surface area contributed by atoms with Gasteiger partial charge in [-0.15, -0.1) is 11.8 Å². The summed E-state index contributed by atoms with van der Waals surface area (Å²) in [5.41, 5.74) is 7.07. The lowest BCUT2D eigenvalue weighted by atomic mass is 9.76. The number of ether oxygens (including phenoxy) is 2. The Bertz CT molecular complexity index is 403. The molecule has 0 radical (unpaired) electrons. The van der Waals surface area contributed by atoms with Gasteiger partial charge in [-0.05, 0) is 37.1 Å². The van der Waals surface area contributed by atoms with Gasteiger partial charge in [-0.2, -0.15) is 0 Å². The van der Waals surface area contributed by atoms with E-state index in [-0.39, 0.29) is 0 Å². The zero-order chi connectivity index (χ0) is 12.4. The second-order valence-electron chi connectivity index (χ2n) is 4.38. The molecule has 94 valence electrons. The van der Waals surface area contributed by atoms with Crippen LogP contribution in [-0.4, -0.2) is 26.5 Å². The fourth-order valence-corrected chi connectivity index (χ4v) is 2.86. The summed E-state index contributed by atoms with van der Waals surface area (Å²) in [6.07, 6.45) is 4.12. The first-order chi connectivity index (χ1) is 8.19. The van der Waals surface area contributed by atoms with Crippen molar-refractivity contribution < 1.29 is 9.47 Å². The minimum Gasteiger partial charge on any atom is -0.496 e. The molecular weight excluding hydrogens is 234 g/mol. The van der Waals surface area contributed by atoms with Gasteiger partial charge in [-0.25, -0.2) is 0 Å². The molecule has 1 fully saturated rings. The van der Waals surface area contributed by atoms with Crippen LogP contribution >= 0.6 is 11.8 Å². The van der Waals surface area contributed by atoms with Crippen molar-refractivity contribution in [2.75, 3.05) is 20.5 Å². The van der Waals surface area contributed by atoms with Crippen molar-refractivity contribution >= 4 is 11.8 Å². The molecule has 4 heteroatoms. The van der Waals surface area contributed by atoms with Gasteiger partial charge in [0.1, 0.15) is 11.5 Å². The first-order valence-corrected chi connectivity index (χ1v) is 6.97. The molecule has 0 atom stereocenters. The molecule has 0 spiro atoms. The van der Waals surface area contributed by atoms with E-state index in [1.54, 1.807) is 26.0 Å². The highest BCUT2D eigenvalue weighted by Crippen LogP contribution is 2.44. The summed E-state index contributed by atoms with van der Waals surface area (Å²) in [5.74, 6) is 2.39. The zero-order valence-electron chi connectivity index (χ0n) is 10.5. The largest absolute Gasteiger partial charge is 0.496 e. The fourth-order valence-electron chi connectivity index (χ4n) is 2.29. The third kappa shape index (κ3) is 2.38. The quantitative estimate of drug-likeness (QED) is 0.838. The van der Waals surface area contributed by atoms with E-state index in [1.165, 1.54) is 5.56 Å². The standard InChI is InChI=1S/C13H19NO2S/c1-15-11-7-13(17-3)12(16-2)6-10(11)8-4-9(14)5-8/h6-9H,4-5,14H2,1-3H3. The number of nitrogens with two attached hydrogens (primary N) is 1. The average molecular weight is 253 g/mol. The van der Waals surface area contributed by atoms with Crippen molar-refractivity contribution in [1.29, 1.82) is 0 Å². The van der Waals surface area contributed by atoms with Gasteiger partial charge in [0.15, 0.2) is 0 Å². The number of benzene rings is 1. The highest BCUT2D eigenvalue weighted by Gasteiger charge is 2.30. The monoisotopic (exact) mass is 253 g/mol. The predicted molar refractivity (Wildman–Crippen MR) is 71.3 cm³/mol. The summed E-state index contributed by atoms with van der Waals surface area (Å²) in [6.45, 7) is 0. The molecule has 3 nitrogen and oxygen atoms in total. The molecule has 1 aromatic rings. The van der Waals surface area contributed by atoms with E-state index in [4.69, 9.17) is 15.2 Å². The lowest BCUT2D eigenvalue weighted by Crippen LogP contribution is -2.34.